The van der Waals surface area contributed by atoms with E-state index in [0.29, 0.717) is 12.3 Å². The van der Waals surface area contributed by atoms with Gasteiger partial charge in [0.05, 0.1) is 21.8 Å². The summed E-state index contributed by atoms with van der Waals surface area (Å²) in [5.41, 5.74) is 0.0183. The Balaban J connectivity index is 2.00. The minimum absolute atomic E-state index is 0.129. The summed E-state index contributed by atoms with van der Waals surface area (Å²) in [5.74, 6) is 2.30. The molecule has 1 aromatic heterocycles. The molecule has 2 aromatic rings. The van der Waals surface area contributed by atoms with Crippen molar-refractivity contribution in [2.45, 2.75) is 30.5 Å². The van der Waals surface area contributed by atoms with E-state index < -0.39 is 14.9 Å². The van der Waals surface area contributed by atoms with Gasteiger partial charge in [0.25, 0.3) is 5.69 Å². The molecule has 0 fully saturated rings. The normalized spacial score (nSPS) is 11.7. The van der Waals surface area contributed by atoms with Gasteiger partial charge in [-0.2, -0.15) is 11.8 Å². The smallest absolute Gasteiger partial charge is 0.293 e. The standard InChI is InChI=1S/C16H21N3O5S2/c1-12(2)18-26(22,23)14-5-6-15(16(10-14)19(20)21)17-7-9-25-11-13-4-3-8-24-13/h3-6,8,10,12,17-18H,7,9,11H2,1-2H3. The summed E-state index contributed by atoms with van der Waals surface area (Å²) in [6, 6.07) is 7.25. The van der Waals surface area contributed by atoms with Crippen molar-refractivity contribution < 1.29 is 17.8 Å². The van der Waals surface area contributed by atoms with Crippen molar-refractivity contribution in [1.82, 2.24) is 4.72 Å². The third kappa shape index (κ3) is 5.75. The molecule has 0 amide bonds. The van der Waals surface area contributed by atoms with E-state index in [1.165, 1.54) is 12.1 Å². The highest BCUT2D eigenvalue weighted by Crippen LogP contribution is 2.27. The van der Waals surface area contributed by atoms with E-state index >= 15 is 0 Å². The number of hydrogen-bond acceptors (Lipinski definition) is 7. The maximum atomic E-state index is 12.2. The lowest BCUT2D eigenvalue weighted by Gasteiger charge is -2.11. The van der Waals surface area contributed by atoms with Gasteiger partial charge in [0.1, 0.15) is 11.4 Å². The van der Waals surface area contributed by atoms with Gasteiger partial charge in [-0.25, -0.2) is 13.1 Å². The van der Waals surface area contributed by atoms with Crippen LogP contribution in [-0.4, -0.2) is 31.7 Å². The minimum Gasteiger partial charge on any atom is -0.468 e. The summed E-state index contributed by atoms with van der Waals surface area (Å²) in [6.07, 6.45) is 1.61. The second kappa shape index (κ2) is 9.06. The molecular formula is C16H21N3O5S2. The quantitative estimate of drug-likeness (QED) is 0.358. The van der Waals surface area contributed by atoms with E-state index in [0.717, 1.165) is 17.6 Å². The molecule has 1 heterocycles. The highest BCUT2D eigenvalue weighted by molar-refractivity contribution is 7.98. The predicted molar refractivity (Wildman–Crippen MR) is 102 cm³/mol. The molecule has 0 aliphatic carbocycles. The Hall–Kier alpha value is -2.04. The summed E-state index contributed by atoms with van der Waals surface area (Å²) in [6.45, 7) is 3.87. The fourth-order valence-electron chi connectivity index (χ4n) is 2.18. The van der Waals surface area contributed by atoms with Gasteiger partial charge < -0.3 is 9.73 Å². The summed E-state index contributed by atoms with van der Waals surface area (Å²) in [4.78, 5) is 10.6. The van der Waals surface area contributed by atoms with E-state index in [1.54, 1.807) is 31.9 Å². The summed E-state index contributed by atoms with van der Waals surface area (Å²) in [7, 11) is -3.78. The SMILES string of the molecule is CC(C)NS(=O)(=O)c1ccc(NCCSCc2ccco2)c([N+](=O)[O-])c1. The first-order chi connectivity index (χ1) is 12.3. The molecule has 0 aliphatic rings. The Morgan fingerprint density at radius 1 is 1.31 bits per heavy atom. The first kappa shape index (κ1) is 20.3. The Kier molecular flexibility index (Phi) is 7.06. The number of nitrogens with one attached hydrogen (secondary N) is 2. The number of furan rings is 1. The van der Waals surface area contributed by atoms with Crippen LogP contribution in [0.15, 0.2) is 45.9 Å². The van der Waals surface area contributed by atoms with Crippen molar-refractivity contribution in [3.8, 4) is 0 Å². The number of nitro benzene ring substituents is 1. The van der Waals surface area contributed by atoms with Crippen LogP contribution in [0, 0.1) is 10.1 Å². The Labute approximate surface area is 156 Å². The van der Waals surface area contributed by atoms with Crippen LogP contribution < -0.4 is 10.0 Å². The van der Waals surface area contributed by atoms with E-state index in [-0.39, 0.29) is 22.3 Å². The van der Waals surface area contributed by atoms with Gasteiger partial charge in [0.15, 0.2) is 0 Å². The maximum Gasteiger partial charge on any atom is 0.293 e. The van der Waals surface area contributed by atoms with E-state index in [4.69, 9.17) is 4.42 Å². The lowest BCUT2D eigenvalue weighted by atomic mass is 10.2. The zero-order valence-corrected chi connectivity index (χ0v) is 16.1. The molecule has 10 heteroatoms. The van der Waals surface area contributed by atoms with Gasteiger partial charge >= 0.3 is 0 Å². The highest BCUT2D eigenvalue weighted by Gasteiger charge is 2.21. The monoisotopic (exact) mass is 399 g/mol. The van der Waals surface area contributed by atoms with Crippen molar-refractivity contribution in [2.75, 3.05) is 17.6 Å². The van der Waals surface area contributed by atoms with Crippen molar-refractivity contribution in [1.29, 1.82) is 0 Å². The number of benzene rings is 1. The lowest BCUT2D eigenvalue weighted by molar-refractivity contribution is -0.384. The van der Waals surface area contributed by atoms with Gasteiger partial charge in [-0.1, -0.05) is 0 Å². The number of nitrogens with zero attached hydrogens (tertiary/aromatic N) is 1. The predicted octanol–water partition coefficient (Wildman–Crippen LogP) is 3.22. The van der Waals surface area contributed by atoms with Crippen molar-refractivity contribution in [2.24, 2.45) is 0 Å². The molecule has 0 aliphatic heterocycles. The average molecular weight is 399 g/mol. The van der Waals surface area contributed by atoms with E-state index in [2.05, 4.69) is 10.0 Å². The first-order valence-corrected chi connectivity index (χ1v) is 10.6. The molecule has 2 N–H and O–H groups in total. The zero-order valence-electron chi connectivity index (χ0n) is 14.5. The van der Waals surface area contributed by atoms with Gasteiger partial charge in [-0.3, -0.25) is 10.1 Å². The second-order valence-electron chi connectivity index (χ2n) is 5.77. The van der Waals surface area contributed by atoms with Gasteiger partial charge in [0.2, 0.25) is 10.0 Å². The van der Waals surface area contributed by atoms with Gasteiger partial charge in [0, 0.05) is 24.4 Å². The molecule has 0 saturated heterocycles. The minimum atomic E-state index is -3.78. The topological polar surface area (TPSA) is 114 Å². The Morgan fingerprint density at radius 2 is 2.08 bits per heavy atom. The molecule has 142 valence electrons. The second-order valence-corrected chi connectivity index (χ2v) is 8.59. The fourth-order valence-corrected chi connectivity index (χ4v) is 4.21. The fraction of sp³-hybridized carbons (Fsp3) is 0.375. The number of hydrogen-bond donors (Lipinski definition) is 2. The highest BCUT2D eigenvalue weighted by atomic mass is 32.2. The van der Waals surface area contributed by atoms with Crippen LogP contribution in [0.3, 0.4) is 0 Å². The third-order valence-electron chi connectivity index (χ3n) is 3.25. The van der Waals surface area contributed by atoms with Crippen LogP contribution in [0.5, 0.6) is 0 Å². The van der Waals surface area contributed by atoms with Gasteiger partial charge in [-0.05, 0) is 38.1 Å². The molecule has 0 radical (unpaired) electrons. The third-order valence-corrected chi connectivity index (χ3v) is 5.89. The molecule has 0 saturated carbocycles. The summed E-state index contributed by atoms with van der Waals surface area (Å²) >= 11 is 1.63. The van der Waals surface area contributed by atoms with Crippen LogP contribution in [0.2, 0.25) is 0 Å². The molecule has 2 rings (SSSR count). The number of sulfonamides is 1. The number of thioether (sulfide) groups is 1. The average Bonchev–Trinajstić information content (AvgIpc) is 3.06. The molecule has 0 unspecified atom stereocenters. The number of anilines is 1. The van der Waals surface area contributed by atoms with Crippen LogP contribution >= 0.6 is 11.8 Å². The zero-order chi connectivity index (χ0) is 19.2. The van der Waals surface area contributed by atoms with Crippen LogP contribution in [0.4, 0.5) is 11.4 Å². The Morgan fingerprint density at radius 3 is 2.69 bits per heavy atom. The van der Waals surface area contributed by atoms with Crippen molar-refractivity contribution >= 4 is 33.2 Å². The van der Waals surface area contributed by atoms with E-state index in [9.17, 15) is 18.5 Å². The van der Waals surface area contributed by atoms with Crippen molar-refractivity contribution in [3.63, 3.8) is 0 Å². The molecule has 0 bridgehead atoms. The van der Waals surface area contributed by atoms with Crippen LogP contribution in [0.1, 0.15) is 19.6 Å². The van der Waals surface area contributed by atoms with Gasteiger partial charge in [-0.15, -0.1) is 0 Å². The maximum absolute atomic E-state index is 12.2. The van der Waals surface area contributed by atoms with Crippen LogP contribution in [-0.2, 0) is 15.8 Å². The number of nitro groups is 1. The molecule has 8 nitrogen and oxygen atoms in total. The summed E-state index contributed by atoms with van der Waals surface area (Å²) in [5, 5.41) is 14.3. The molecular weight excluding hydrogens is 378 g/mol. The molecule has 0 atom stereocenters. The number of rotatable bonds is 10. The lowest BCUT2D eigenvalue weighted by Crippen LogP contribution is -2.30. The van der Waals surface area contributed by atoms with Crippen molar-refractivity contribution in [3.05, 3.63) is 52.5 Å². The molecule has 26 heavy (non-hydrogen) atoms. The van der Waals surface area contributed by atoms with E-state index in [1.807, 2.05) is 12.1 Å². The largest absolute Gasteiger partial charge is 0.468 e. The van der Waals surface area contributed by atoms with Crippen LogP contribution in [0.25, 0.3) is 0 Å². The summed E-state index contributed by atoms with van der Waals surface area (Å²) < 4.78 is 32.0. The molecule has 0 spiro atoms. The first-order valence-electron chi connectivity index (χ1n) is 7.94. The Bertz CT molecular complexity index is 836. The molecule has 1 aromatic carbocycles.